The van der Waals surface area contributed by atoms with Crippen LogP contribution in [0.2, 0.25) is 0 Å². The second-order valence-corrected chi connectivity index (χ2v) is 29.3. The SMILES string of the molecule is CC.CC.O=C1C2C3CCC(O3)C2C(=O)N1C1CCC(N2C(=O)C3C4CCC(O4)C3C2=O)CC1.O=C1C2CCCCC2C(=O)N1C1CCC(N2C(=O)C3CCCCC3C2=O)CC1.O=C1C2CCCCC2C(=O)N1C1CCC(N2C(=O)C3CCCCC3C2=O)CC1. The van der Waals surface area contributed by atoms with Gasteiger partial charge in [-0.25, -0.2) is 0 Å². The van der Waals surface area contributed by atoms with E-state index in [1.54, 1.807) is 19.6 Å². The van der Waals surface area contributed by atoms with Crippen molar-refractivity contribution in [3.63, 3.8) is 0 Å². The number of carbonyl (C=O) groups is 12. The number of amides is 12. The molecule has 20 nitrogen and oxygen atoms in total. The van der Waals surface area contributed by atoms with Gasteiger partial charge in [0.1, 0.15) is 0 Å². The molecule has 7 aliphatic carbocycles. The molecule has 17 rings (SSSR count). The summed E-state index contributed by atoms with van der Waals surface area (Å²) in [4.78, 5) is 164. The Bertz CT molecular complexity index is 2430. The van der Waals surface area contributed by atoms with E-state index >= 15 is 0 Å². The molecule has 0 aromatic rings. The number of hydrogen-bond donors (Lipinski definition) is 0. The molecule has 17 fully saturated rings. The molecular weight excluding hydrogens is 1150 g/mol. The number of nitrogens with zero attached hydrogens (tertiary/aromatic N) is 6. The van der Waals surface area contributed by atoms with Crippen LogP contribution in [0.3, 0.4) is 0 Å². The fourth-order valence-corrected chi connectivity index (χ4v) is 21.1. The van der Waals surface area contributed by atoms with Gasteiger partial charge in [-0.15, -0.1) is 0 Å². The second kappa shape index (κ2) is 25.9. The first kappa shape index (κ1) is 63.5. The van der Waals surface area contributed by atoms with Crippen LogP contribution in [0, 0.1) is 71.0 Å². The summed E-state index contributed by atoms with van der Waals surface area (Å²) >= 11 is 0. The molecule has 492 valence electrons. The highest BCUT2D eigenvalue weighted by Gasteiger charge is 2.66. The summed E-state index contributed by atoms with van der Waals surface area (Å²) in [6, 6.07) is -0.404. The van der Waals surface area contributed by atoms with Gasteiger partial charge in [0.2, 0.25) is 70.9 Å². The molecule has 0 aromatic carbocycles. The first-order valence-corrected chi connectivity index (χ1v) is 36.2. The molecule has 90 heavy (non-hydrogen) atoms. The number of ether oxygens (including phenoxy) is 2. The maximum atomic E-state index is 13.0. The molecular formula is C70H98N6O14. The lowest BCUT2D eigenvalue weighted by Crippen LogP contribution is -2.49. The van der Waals surface area contributed by atoms with Gasteiger partial charge in [-0.05, 0) is 154 Å². The standard InChI is InChI=1S/C22H26N2O6.2C22H30N2O4.2C2H6/c25-19-15-11-5-6-12(29-11)16(15)20(26)23(19)9-1-2-10(4-3-9)24-21(27)17-13-7-8-14(30-13)18(17)22(24)28;2*25-19-15-5-1-2-6-16(15)20(26)23(19)13-9-11-14(12-10-13)24-21(27)17-7-3-4-8-18(17)22(24)28;2*1-2/h9-18H,1-8H2;2*13-18H,1-12H2;2*1-2H3. The van der Waals surface area contributed by atoms with E-state index in [-0.39, 0.29) is 203 Å². The topological polar surface area (TPSA) is 243 Å². The molecule has 12 amide bonds. The first-order chi connectivity index (χ1) is 43.7. The number of hydrogen-bond acceptors (Lipinski definition) is 14. The maximum absolute atomic E-state index is 13.0. The van der Waals surface area contributed by atoms with E-state index in [9.17, 15) is 57.5 Å². The fourth-order valence-electron chi connectivity index (χ4n) is 21.1. The fraction of sp³-hybridized carbons (Fsp3) is 0.829. The average molecular weight is 1250 g/mol. The Kier molecular flexibility index (Phi) is 18.3. The molecule has 20 heteroatoms. The minimum Gasteiger partial charge on any atom is -0.373 e. The van der Waals surface area contributed by atoms with Gasteiger partial charge in [0.05, 0.1) is 95.4 Å². The minimum atomic E-state index is -0.287. The van der Waals surface area contributed by atoms with Crippen LogP contribution in [0.5, 0.6) is 0 Å². The Morgan fingerprint density at radius 1 is 0.200 bits per heavy atom. The van der Waals surface area contributed by atoms with Crippen LogP contribution < -0.4 is 0 Å². The molecule has 17 aliphatic rings. The summed E-state index contributed by atoms with van der Waals surface area (Å²) in [5.41, 5.74) is 0. The van der Waals surface area contributed by atoms with E-state index in [4.69, 9.17) is 9.47 Å². The molecule has 10 saturated heterocycles. The average Bonchev–Trinajstić information content (AvgIpc) is 1.58. The van der Waals surface area contributed by atoms with Gasteiger partial charge in [-0.1, -0.05) is 79.1 Å². The zero-order valence-electron chi connectivity index (χ0n) is 53.7. The van der Waals surface area contributed by atoms with Crippen molar-refractivity contribution >= 4 is 70.9 Å². The van der Waals surface area contributed by atoms with Crippen LogP contribution in [0.4, 0.5) is 0 Å². The Hall–Kier alpha value is -5.24. The molecule has 10 aliphatic heterocycles. The summed E-state index contributed by atoms with van der Waals surface area (Å²) in [6.07, 6.45) is 26.6. The summed E-state index contributed by atoms with van der Waals surface area (Å²) in [5.74, 6) is -1.81. The van der Waals surface area contributed by atoms with Crippen molar-refractivity contribution in [1.82, 2.24) is 29.4 Å². The van der Waals surface area contributed by atoms with Crippen molar-refractivity contribution < 1.29 is 67.0 Å². The third-order valence-electron chi connectivity index (χ3n) is 25.3. The van der Waals surface area contributed by atoms with Crippen LogP contribution in [0.15, 0.2) is 0 Å². The van der Waals surface area contributed by atoms with Crippen molar-refractivity contribution in [2.75, 3.05) is 0 Å². The van der Waals surface area contributed by atoms with Crippen LogP contribution in [0.25, 0.3) is 0 Å². The van der Waals surface area contributed by atoms with Crippen molar-refractivity contribution in [2.45, 2.75) is 294 Å². The predicted molar refractivity (Wildman–Crippen MR) is 323 cm³/mol. The van der Waals surface area contributed by atoms with Gasteiger partial charge in [0.25, 0.3) is 0 Å². The van der Waals surface area contributed by atoms with E-state index in [0.717, 1.165) is 128 Å². The highest BCUT2D eigenvalue weighted by atomic mass is 16.5. The zero-order chi connectivity index (χ0) is 63.1. The van der Waals surface area contributed by atoms with Crippen LogP contribution in [0.1, 0.15) is 233 Å². The summed E-state index contributed by atoms with van der Waals surface area (Å²) in [6.45, 7) is 8.00. The molecule has 0 aromatic heterocycles. The Labute approximate surface area is 530 Å². The van der Waals surface area contributed by atoms with Gasteiger partial charge in [-0.3, -0.25) is 86.9 Å². The molecule has 0 N–H and O–H groups in total. The predicted octanol–water partition coefficient (Wildman–Crippen LogP) is 7.97. The highest BCUT2D eigenvalue weighted by Crippen LogP contribution is 2.53. The summed E-state index contributed by atoms with van der Waals surface area (Å²) in [7, 11) is 0. The van der Waals surface area contributed by atoms with Crippen LogP contribution >= 0.6 is 0 Å². The smallest absolute Gasteiger partial charge is 0.236 e. The first-order valence-electron chi connectivity index (χ1n) is 36.2. The van der Waals surface area contributed by atoms with E-state index in [1.165, 1.54) is 9.80 Å². The normalized spacial score (nSPS) is 43.1. The number of fused-ring (bicyclic) bond motifs is 14. The molecule has 16 atom stereocenters. The van der Waals surface area contributed by atoms with Crippen LogP contribution in [-0.2, 0) is 67.0 Å². The second-order valence-electron chi connectivity index (χ2n) is 29.3. The lowest BCUT2D eigenvalue weighted by molar-refractivity contribution is -0.151. The van der Waals surface area contributed by atoms with E-state index in [1.807, 2.05) is 27.7 Å². The lowest BCUT2D eigenvalue weighted by Gasteiger charge is -2.37. The number of imide groups is 6. The molecule has 7 saturated carbocycles. The number of rotatable bonds is 6. The molecule has 16 unspecified atom stereocenters. The summed E-state index contributed by atoms with van der Waals surface area (Å²) in [5, 5.41) is 0. The van der Waals surface area contributed by atoms with Crippen molar-refractivity contribution in [3.05, 3.63) is 0 Å². The van der Waals surface area contributed by atoms with Crippen molar-refractivity contribution in [3.8, 4) is 0 Å². The van der Waals surface area contributed by atoms with E-state index < -0.39 is 0 Å². The molecule has 4 bridgehead atoms. The third-order valence-corrected chi connectivity index (χ3v) is 25.3. The zero-order valence-corrected chi connectivity index (χ0v) is 53.7. The monoisotopic (exact) mass is 1250 g/mol. The largest absolute Gasteiger partial charge is 0.373 e. The Morgan fingerprint density at radius 2 is 0.333 bits per heavy atom. The van der Waals surface area contributed by atoms with E-state index in [2.05, 4.69) is 0 Å². The third kappa shape index (κ3) is 10.4. The van der Waals surface area contributed by atoms with Crippen LogP contribution in [-0.4, -0.2) is 161 Å². The summed E-state index contributed by atoms with van der Waals surface area (Å²) < 4.78 is 11.6. The minimum absolute atomic E-state index is 0.0393. The maximum Gasteiger partial charge on any atom is 0.236 e. The van der Waals surface area contributed by atoms with Crippen molar-refractivity contribution in [2.24, 2.45) is 71.0 Å². The molecule has 0 spiro atoms. The number of carbonyl (C=O) groups excluding carboxylic acids is 12. The molecule has 0 radical (unpaired) electrons. The van der Waals surface area contributed by atoms with Gasteiger partial charge < -0.3 is 9.47 Å². The Morgan fingerprint density at radius 3 is 0.478 bits per heavy atom. The highest BCUT2D eigenvalue weighted by molar-refractivity contribution is 6.09. The van der Waals surface area contributed by atoms with Gasteiger partial charge in [0.15, 0.2) is 0 Å². The van der Waals surface area contributed by atoms with E-state index in [0.29, 0.717) is 77.0 Å². The molecule has 10 heterocycles. The number of likely N-dealkylation sites (tertiary alicyclic amines) is 6. The van der Waals surface area contributed by atoms with Crippen molar-refractivity contribution in [1.29, 1.82) is 0 Å². The lowest BCUT2D eigenvalue weighted by atomic mass is 9.81. The quantitative estimate of drug-likeness (QED) is 0.229. The van der Waals surface area contributed by atoms with Gasteiger partial charge in [0, 0.05) is 36.3 Å². The Balaban J connectivity index is 0.000000121. The van der Waals surface area contributed by atoms with Gasteiger partial charge in [-0.2, -0.15) is 0 Å². The van der Waals surface area contributed by atoms with Gasteiger partial charge >= 0.3 is 0 Å².